The highest BCUT2D eigenvalue weighted by molar-refractivity contribution is 14.1. The van der Waals surface area contributed by atoms with Crippen molar-refractivity contribution in [2.24, 2.45) is 5.84 Å². The van der Waals surface area contributed by atoms with Crippen LogP contribution < -0.4 is 11.3 Å². The van der Waals surface area contributed by atoms with Crippen molar-refractivity contribution in [2.45, 2.75) is 19.4 Å². The van der Waals surface area contributed by atoms with Crippen LogP contribution in [-0.4, -0.2) is 0 Å². The molecule has 20 heavy (non-hydrogen) atoms. The van der Waals surface area contributed by atoms with Crippen molar-refractivity contribution >= 4 is 34.2 Å². The first-order chi connectivity index (χ1) is 9.51. The van der Waals surface area contributed by atoms with E-state index < -0.39 is 0 Å². The molecule has 0 bridgehead atoms. The summed E-state index contributed by atoms with van der Waals surface area (Å²) in [5.41, 5.74) is 5.84. The van der Waals surface area contributed by atoms with Crippen molar-refractivity contribution in [3.8, 4) is 0 Å². The van der Waals surface area contributed by atoms with Crippen molar-refractivity contribution in [3.05, 3.63) is 67.5 Å². The minimum absolute atomic E-state index is 0.0650. The maximum atomic E-state index is 13.1. The van der Waals surface area contributed by atoms with Gasteiger partial charge in [-0.3, -0.25) is 11.3 Å². The molecule has 0 fully saturated rings. The zero-order chi connectivity index (χ0) is 14.7. The normalized spacial score (nSPS) is 12.4. The van der Waals surface area contributed by atoms with E-state index in [1.54, 1.807) is 6.07 Å². The highest BCUT2D eigenvalue weighted by Crippen LogP contribution is 2.27. The summed E-state index contributed by atoms with van der Waals surface area (Å²) in [7, 11) is 0. The number of nitrogens with two attached hydrogens (primary N) is 1. The van der Waals surface area contributed by atoms with Gasteiger partial charge in [-0.2, -0.15) is 0 Å². The van der Waals surface area contributed by atoms with Gasteiger partial charge in [0.05, 0.1) is 6.04 Å². The van der Waals surface area contributed by atoms with Crippen LogP contribution in [0.3, 0.4) is 0 Å². The Balaban J connectivity index is 2.31. The van der Waals surface area contributed by atoms with Gasteiger partial charge in [0.15, 0.2) is 0 Å². The van der Waals surface area contributed by atoms with Gasteiger partial charge in [0.25, 0.3) is 0 Å². The predicted molar refractivity (Wildman–Crippen MR) is 89.1 cm³/mol. The molecule has 3 N–H and O–H groups in total. The Labute approximate surface area is 136 Å². The Hall–Kier alpha value is -0.690. The summed E-state index contributed by atoms with van der Waals surface area (Å²) in [5.74, 6) is 5.46. The van der Waals surface area contributed by atoms with Gasteiger partial charge in [0.1, 0.15) is 5.82 Å². The van der Waals surface area contributed by atoms with Gasteiger partial charge in [-0.1, -0.05) is 17.7 Å². The van der Waals surface area contributed by atoms with Crippen LogP contribution >= 0.6 is 34.2 Å². The fourth-order valence-electron chi connectivity index (χ4n) is 2.15. The molecular weight excluding hydrogens is 390 g/mol. The second-order valence-corrected chi connectivity index (χ2v) is 6.26. The number of halogens is 3. The van der Waals surface area contributed by atoms with Gasteiger partial charge in [-0.05, 0) is 83.0 Å². The standard InChI is InChI=1S/C15H15ClFIN2/c1-9-6-12(17)4-2-10(9)7-15(20-19)13-8-11(16)3-5-14(13)18/h2-6,8,15,20H,7,19H2,1H3. The predicted octanol–water partition coefficient (Wildman–Crippen LogP) is 4.14. The molecule has 0 aliphatic rings. The van der Waals surface area contributed by atoms with E-state index in [4.69, 9.17) is 17.4 Å². The lowest BCUT2D eigenvalue weighted by atomic mass is 9.96. The van der Waals surface area contributed by atoms with E-state index in [-0.39, 0.29) is 11.9 Å². The van der Waals surface area contributed by atoms with Gasteiger partial charge >= 0.3 is 0 Å². The van der Waals surface area contributed by atoms with Gasteiger partial charge in [0.2, 0.25) is 0 Å². The Bertz CT molecular complexity index is 619. The SMILES string of the molecule is Cc1cc(F)ccc1CC(NN)c1cc(Cl)ccc1I. The molecule has 5 heteroatoms. The molecule has 2 rings (SSSR count). The Morgan fingerprint density at radius 3 is 2.70 bits per heavy atom. The van der Waals surface area contributed by atoms with Crippen LogP contribution in [0, 0.1) is 16.3 Å². The molecule has 0 aliphatic heterocycles. The van der Waals surface area contributed by atoms with Crippen LogP contribution in [0.15, 0.2) is 36.4 Å². The smallest absolute Gasteiger partial charge is 0.123 e. The molecule has 0 aliphatic carbocycles. The Morgan fingerprint density at radius 2 is 2.05 bits per heavy atom. The third-order valence-electron chi connectivity index (χ3n) is 3.26. The maximum absolute atomic E-state index is 13.1. The number of benzene rings is 2. The number of rotatable bonds is 4. The summed E-state index contributed by atoms with van der Waals surface area (Å²) >= 11 is 8.31. The van der Waals surface area contributed by atoms with Crippen molar-refractivity contribution in [1.29, 1.82) is 0 Å². The van der Waals surface area contributed by atoms with Crippen molar-refractivity contribution < 1.29 is 4.39 Å². The highest BCUT2D eigenvalue weighted by Gasteiger charge is 2.15. The van der Waals surface area contributed by atoms with Crippen molar-refractivity contribution in [2.75, 3.05) is 0 Å². The molecule has 2 aromatic carbocycles. The largest absolute Gasteiger partial charge is 0.271 e. The second-order valence-electron chi connectivity index (χ2n) is 4.66. The van der Waals surface area contributed by atoms with Crippen LogP contribution in [0.4, 0.5) is 4.39 Å². The third-order valence-corrected chi connectivity index (χ3v) is 4.48. The molecular formula is C15H15ClFIN2. The fraction of sp³-hybridized carbons (Fsp3) is 0.200. The first kappa shape index (κ1) is 15.7. The van der Waals surface area contributed by atoms with Crippen LogP contribution in [0.25, 0.3) is 0 Å². The molecule has 106 valence electrons. The first-order valence-corrected chi connectivity index (χ1v) is 7.63. The molecule has 0 radical (unpaired) electrons. The fourth-order valence-corrected chi connectivity index (χ4v) is 3.04. The number of aryl methyl sites for hydroxylation is 1. The minimum atomic E-state index is -0.221. The van der Waals surface area contributed by atoms with E-state index in [0.717, 1.165) is 20.3 Å². The topological polar surface area (TPSA) is 38.0 Å². The number of nitrogens with one attached hydrogen (secondary N) is 1. The number of hydrogen-bond acceptors (Lipinski definition) is 2. The summed E-state index contributed by atoms with van der Waals surface area (Å²) in [6.07, 6.45) is 0.680. The van der Waals surface area contributed by atoms with Gasteiger partial charge in [-0.15, -0.1) is 0 Å². The van der Waals surface area contributed by atoms with Gasteiger partial charge in [-0.25, -0.2) is 4.39 Å². The summed E-state index contributed by atoms with van der Waals surface area (Å²) in [5, 5.41) is 0.677. The molecule has 0 saturated carbocycles. The molecule has 0 saturated heterocycles. The van der Waals surface area contributed by atoms with Gasteiger partial charge < -0.3 is 0 Å². The van der Waals surface area contributed by atoms with E-state index in [1.165, 1.54) is 12.1 Å². The lowest BCUT2D eigenvalue weighted by Crippen LogP contribution is -2.30. The summed E-state index contributed by atoms with van der Waals surface area (Å²) in [6.45, 7) is 1.90. The van der Waals surface area contributed by atoms with Crippen LogP contribution in [0.2, 0.25) is 5.02 Å². The molecule has 0 aromatic heterocycles. The second kappa shape index (κ2) is 6.85. The zero-order valence-corrected chi connectivity index (χ0v) is 13.9. The quantitative estimate of drug-likeness (QED) is 0.457. The maximum Gasteiger partial charge on any atom is 0.123 e. The van der Waals surface area contributed by atoms with E-state index in [0.29, 0.717) is 11.4 Å². The molecule has 2 nitrogen and oxygen atoms in total. The average molecular weight is 405 g/mol. The molecule has 0 spiro atoms. The van der Waals surface area contributed by atoms with Crippen molar-refractivity contribution in [3.63, 3.8) is 0 Å². The van der Waals surface area contributed by atoms with Gasteiger partial charge in [0, 0.05) is 8.59 Å². The summed E-state index contributed by atoms with van der Waals surface area (Å²) in [6, 6.07) is 10.5. The molecule has 0 amide bonds. The molecule has 1 atom stereocenters. The molecule has 0 heterocycles. The first-order valence-electron chi connectivity index (χ1n) is 6.17. The molecule has 1 unspecified atom stereocenters. The third kappa shape index (κ3) is 3.69. The van der Waals surface area contributed by atoms with Crippen LogP contribution in [0.5, 0.6) is 0 Å². The summed E-state index contributed by atoms with van der Waals surface area (Å²) < 4.78 is 14.2. The van der Waals surface area contributed by atoms with Crippen LogP contribution in [0.1, 0.15) is 22.7 Å². The number of hydrazine groups is 1. The minimum Gasteiger partial charge on any atom is -0.271 e. The monoisotopic (exact) mass is 404 g/mol. The van der Waals surface area contributed by atoms with Crippen molar-refractivity contribution in [1.82, 2.24) is 5.43 Å². The summed E-state index contributed by atoms with van der Waals surface area (Å²) in [4.78, 5) is 0. The molecule has 2 aromatic rings. The lowest BCUT2D eigenvalue weighted by molar-refractivity contribution is 0.547. The Kier molecular flexibility index (Phi) is 5.37. The number of hydrogen-bond donors (Lipinski definition) is 2. The van der Waals surface area contributed by atoms with E-state index >= 15 is 0 Å². The lowest BCUT2D eigenvalue weighted by Gasteiger charge is -2.19. The van der Waals surface area contributed by atoms with E-state index in [1.807, 2.05) is 25.1 Å². The highest BCUT2D eigenvalue weighted by atomic mass is 127. The average Bonchev–Trinajstić information content (AvgIpc) is 2.41. The Morgan fingerprint density at radius 1 is 1.30 bits per heavy atom. The van der Waals surface area contributed by atoms with Crippen LogP contribution in [-0.2, 0) is 6.42 Å². The zero-order valence-electron chi connectivity index (χ0n) is 11.0. The van der Waals surface area contributed by atoms with E-state index in [2.05, 4.69) is 28.0 Å². The van der Waals surface area contributed by atoms with E-state index in [9.17, 15) is 4.39 Å².